The van der Waals surface area contributed by atoms with Gasteiger partial charge in [-0.05, 0) is 6.42 Å². The Kier molecular flexibility index (Phi) is 4.77. The van der Waals surface area contributed by atoms with Gasteiger partial charge in [0.15, 0.2) is 0 Å². The van der Waals surface area contributed by atoms with Crippen LogP contribution in [0.15, 0.2) is 0 Å². The van der Waals surface area contributed by atoms with E-state index in [9.17, 15) is 4.79 Å². The van der Waals surface area contributed by atoms with Gasteiger partial charge in [-0.1, -0.05) is 29.3 Å². The van der Waals surface area contributed by atoms with Crippen molar-refractivity contribution in [3.05, 3.63) is 0 Å². The van der Waals surface area contributed by atoms with E-state index in [4.69, 9.17) is 5.11 Å². The van der Waals surface area contributed by atoms with Crippen LogP contribution in [-0.2, 0) is 4.79 Å². The van der Waals surface area contributed by atoms with E-state index < -0.39 is 5.97 Å². The summed E-state index contributed by atoms with van der Waals surface area (Å²) in [6.07, 6.45) is 1.70. The van der Waals surface area contributed by atoms with Crippen LogP contribution in [0, 0.1) is 5.92 Å². The minimum absolute atomic E-state index is 0.199. The molecule has 0 aromatic heterocycles. The summed E-state index contributed by atoms with van der Waals surface area (Å²) in [6, 6.07) is 0. The molecule has 1 atom stereocenters. The number of alkyl halides is 1. The molecule has 0 unspecified atom stereocenters. The van der Waals surface area contributed by atoms with Crippen molar-refractivity contribution >= 4 is 21.9 Å². The summed E-state index contributed by atoms with van der Waals surface area (Å²) in [6.45, 7) is 1.98. The van der Waals surface area contributed by atoms with Crippen LogP contribution in [0.1, 0.15) is 19.8 Å². The van der Waals surface area contributed by atoms with Crippen LogP contribution in [0.3, 0.4) is 0 Å². The van der Waals surface area contributed by atoms with Gasteiger partial charge in [0, 0.05) is 5.33 Å². The third-order valence-corrected chi connectivity index (χ3v) is 1.95. The summed E-state index contributed by atoms with van der Waals surface area (Å²) in [5, 5.41) is 9.04. The van der Waals surface area contributed by atoms with Crippen molar-refractivity contribution in [2.24, 2.45) is 5.92 Å². The Morgan fingerprint density at radius 1 is 1.78 bits per heavy atom. The predicted octanol–water partition coefficient (Wildman–Crippen LogP) is 1.88. The third-order valence-electron chi connectivity index (χ3n) is 1.17. The lowest BCUT2D eigenvalue weighted by Gasteiger charge is -2.04. The van der Waals surface area contributed by atoms with E-state index in [-0.39, 0.29) is 5.92 Å². The SMILES string of the molecule is CCC[C@@H](CBr)C(=O)O. The second-order valence-electron chi connectivity index (χ2n) is 1.98. The molecule has 0 saturated carbocycles. The molecule has 54 valence electrons. The molecule has 0 aliphatic rings. The van der Waals surface area contributed by atoms with Crippen LogP contribution in [0.4, 0.5) is 0 Å². The van der Waals surface area contributed by atoms with Crippen molar-refractivity contribution in [1.82, 2.24) is 0 Å². The van der Waals surface area contributed by atoms with Gasteiger partial charge in [0.2, 0.25) is 0 Å². The van der Waals surface area contributed by atoms with Crippen molar-refractivity contribution in [3.63, 3.8) is 0 Å². The summed E-state index contributed by atoms with van der Waals surface area (Å²) in [7, 11) is 0. The number of carbonyl (C=O) groups is 1. The number of halogens is 1. The number of aliphatic carboxylic acids is 1. The smallest absolute Gasteiger partial charge is 0.307 e. The maximum Gasteiger partial charge on any atom is 0.307 e. The van der Waals surface area contributed by atoms with E-state index in [1.807, 2.05) is 6.92 Å². The van der Waals surface area contributed by atoms with Crippen LogP contribution in [0.25, 0.3) is 0 Å². The number of hydrogen-bond acceptors (Lipinski definition) is 1. The van der Waals surface area contributed by atoms with Gasteiger partial charge < -0.3 is 5.11 Å². The Bertz CT molecular complexity index is 93.1. The normalized spacial score (nSPS) is 13.1. The molecule has 0 aromatic rings. The van der Waals surface area contributed by atoms with E-state index in [1.165, 1.54) is 0 Å². The lowest BCUT2D eigenvalue weighted by Crippen LogP contribution is -2.14. The molecule has 0 aliphatic heterocycles. The molecular formula is C6H11BrO2. The van der Waals surface area contributed by atoms with Crippen LogP contribution >= 0.6 is 15.9 Å². The molecule has 0 amide bonds. The van der Waals surface area contributed by atoms with Gasteiger partial charge in [0.25, 0.3) is 0 Å². The molecule has 0 radical (unpaired) electrons. The first kappa shape index (κ1) is 8.95. The highest BCUT2D eigenvalue weighted by Crippen LogP contribution is 2.08. The van der Waals surface area contributed by atoms with Gasteiger partial charge in [-0.2, -0.15) is 0 Å². The van der Waals surface area contributed by atoms with Gasteiger partial charge in [0.1, 0.15) is 0 Å². The summed E-state index contributed by atoms with van der Waals surface area (Å²) < 4.78 is 0. The second-order valence-corrected chi connectivity index (χ2v) is 2.63. The number of carboxylic acid groups (broad SMARTS) is 1. The van der Waals surface area contributed by atoms with Gasteiger partial charge in [0.05, 0.1) is 5.92 Å². The molecule has 0 aliphatic carbocycles. The van der Waals surface area contributed by atoms with Crippen molar-refractivity contribution < 1.29 is 9.90 Å². The standard InChI is InChI=1S/C6H11BrO2/c1-2-3-5(4-7)6(8)9/h5H,2-4H2,1H3,(H,8,9)/t5-/m0/s1. The van der Waals surface area contributed by atoms with E-state index >= 15 is 0 Å². The Balaban J connectivity index is 3.54. The summed E-state index contributed by atoms with van der Waals surface area (Å²) >= 11 is 3.14. The maximum atomic E-state index is 10.3. The van der Waals surface area contributed by atoms with Crippen LogP contribution in [0.2, 0.25) is 0 Å². The summed E-state index contributed by atoms with van der Waals surface area (Å²) in [4.78, 5) is 10.3. The molecule has 0 fully saturated rings. The largest absolute Gasteiger partial charge is 0.481 e. The zero-order chi connectivity index (χ0) is 7.28. The van der Waals surface area contributed by atoms with E-state index in [0.717, 1.165) is 12.8 Å². The topological polar surface area (TPSA) is 37.3 Å². The average molecular weight is 195 g/mol. The first-order valence-electron chi connectivity index (χ1n) is 3.01. The maximum absolute atomic E-state index is 10.3. The van der Waals surface area contributed by atoms with Gasteiger partial charge in [-0.15, -0.1) is 0 Å². The Hall–Kier alpha value is -0.0500. The van der Waals surface area contributed by atoms with Crippen LogP contribution in [-0.4, -0.2) is 16.4 Å². The third kappa shape index (κ3) is 3.51. The molecule has 2 nitrogen and oxygen atoms in total. The molecular weight excluding hydrogens is 184 g/mol. The number of carboxylic acids is 1. The van der Waals surface area contributed by atoms with Crippen molar-refractivity contribution in [3.8, 4) is 0 Å². The van der Waals surface area contributed by atoms with E-state index in [0.29, 0.717) is 5.33 Å². The molecule has 0 spiro atoms. The van der Waals surface area contributed by atoms with Crippen LogP contribution in [0.5, 0.6) is 0 Å². The lowest BCUT2D eigenvalue weighted by atomic mass is 10.1. The molecule has 1 N–H and O–H groups in total. The summed E-state index contributed by atoms with van der Waals surface area (Å²) in [5.41, 5.74) is 0. The van der Waals surface area contributed by atoms with Gasteiger partial charge in [-0.25, -0.2) is 0 Å². The predicted molar refractivity (Wildman–Crippen MR) is 39.8 cm³/mol. The molecule has 0 bridgehead atoms. The highest BCUT2D eigenvalue weighted by atomic mass is 79.9. The molecule has 3 heteroatoms. The fourth-order valence-corrected chi connectivity index (χ4v) is 1.22. The minimum atomic E-state index is -0.700. The molecule has 0 rings (SSSR count). The fraction of sp³-hybridized carbons (Fsp3) is 0.833. The summed E-state index contributed by atoms with van der Waals surface area (Å²) in [5.74, 6) is -0.899. The Labute approximate surface area is 63.4 Å². The monoisotopic (exact) mass is 194 g/mol. The number of hydrogen-bond donors (Lipinski definition) is 1. The lowest BCUT2D eigenvalue weighted by molar-refractivity contribution is -0.141. The van der Waals surface area contributed by atoms with Crippen molar-refractivity contribution in [1.29, 1.82) is 0 Å². The molecule has 0 heterocycles. The highest BCUT2D eigenvalue weighted by Gasteiger charge is 2.13. The zero-order valence-corrected chi connectivity index (χ0v) is 7.02. The highest BCUT2D eigenvalue weighted by molar-refractivity contribution is 9.09. The van der Waals surface area contributed by atoms with Gasteiger partial charge in [-0.3, -0.25) is 4.79 Å². The van der Waals surface area contributed by atoms with E-state index in [2.05, 4.69) is 15.9 Å². The Morgan fingerprint density at radius 2 is 2.33 bits per heavy atom. The molecule has 9 heavy (non-hydrogen) atoms. The van der Waals surface area contributed by atoms with Crippen molar-refractivity contribution in [2.75, 3.05) is 5.33 Å². The zero-order valence-electron chi connectivity index (χ0n) is 5.43. The quantitative estimate of drug-likeness (QED) is 0.695. The second kappa shape index (κ2) is 4.79. The first-order chi connectivity index (χ1) is 4.22. The molecule has 0 saturated heterocycles. The first-order valence-corrected chi connectivity index (χ1v) is 4.13. The number of rotatable bonds is 4. The van der Waals surface area contributed by atoms with Gasteiger partial charge >= 0.3 is 5.97 Å². The van der Waals surface area contributed by atoms with Crippen molar-refractivity contribution in [2.45, 2.75) is 19.8 Å². The molecule has 0 aromatic carbocycles. The van der Waals surface area contributed by atoms with Crippen LogP contribution < -0.4 is 0 Å². The average Bonchev–Trinajstić information content (AvgIpc) is 1.82. The Morgan fingerprint density at radius 3 is 2.44 bits per heavy atom. The minimum Gasteiger partial charge on any atom is -0.481 e. The fourth-order valence-electron chi connectivity index (χ4n) is 0.615. The van der Waals surface area contributed by atoms with E-state index in [1.54, 1.807) is 0 Å².